The zero-order valence-electron chi connectivity index (χ0n) is 15.4. The zero-order valence-corrected chi connectivity index (χ0v) is 15.4. The number of nitro benzene ring substituents is 1. The molecule has 0 unspecified atom stereocenters. The van der Waals surface area contributed by atoms with Crippen LogP contribution in [0.1, 0.15) is 16.8 Å². The number of nitro groups is 1. The Kier molecular flexibility index (Phi) is 4.72. The van der Waals surface area contributed by atoms with Crippen LogP contribution >= 0.6 is 0 Å². The lowest BCUT2D eigenvalue weighted by molar-refractivity contribution is -0.383. The van der Waals surface area contributed by atoms with Gasteiger partial charge in [-0.1, -0.05) is 36.4 Å². The maximum Gasteiger partial charge on any atom is 0.295 e. The van der Waals surface area contributed by atoms with Crippen LogP contribution in [0.2, 0.25) is 0 Å². The Morgan fingerprint density at radius 1 is 1.14 bits per heavy atom. The summed E-state index contributed by atoms with van der Waals surface area (Å²) in [6, 6.07) is 15.3. The molecule has 2 aromatic carbocycles. The Hall–Kier alpha value is -3.74. The molecular weight excluding hydrogens is 354 g/mol. The number of rotatable bonds is 6. The molecule has 0 atom stereocenters. The highest BCUT2D eigenvalue weighted by Crippen LogP contribution is 2.30. The van der Waals surface area contributed by atoms with Crippen LogP contribution in [-0.2, 0) is 13.1 Å². The number of aromatic nitrogens is 3. The van der Waals surface area contributed by atoms with Crippen LogP contribution in [0.25, 0.3) is 10.9 Å². The number of benzene rings is 2. The first-order valence-electron chi connectivity index (χ1n) is 8.92. The van der Waals surface area contributed by atoms with Crippen molar-refractivity contribution in [1.29, 1.82) is 0 Å². The minimum absolute atomic E-state index is 0.0214. The van der Waals surface area contributed by atoms with Crippen LogP contribution in [-0.4, -0.2) is 19.5 Å². The van der Waals surface area contributed by atoms with Gasteiger partial charge in [-0.25, -0.2) is 9.97 Å². The number of hydrogen-bond donors (Lipinski definition) is 1. The molecule has 0 saturated carbocycles. The lowest BCUT2D eigenvalue weighted by Crippen LogP contribution is -2.03. The number of non-ortho nitro benzene ring substituents is 1. The van der Waals surface area contributed by atoms with Gasteiger partial charge in [-0.15, -0.1) is 0 Å². The van der Waals surface area contributed by atoms with E-state index in [9.17, 15) is 10.1 Å². The van der Waals surface area contributed by atoms with Gasteiger partial charge in [0.05, 0.1) is 11.3 Å². The summed E-state index contributed by atoms with van der Waals surface area (Å²) in [6.07, 6.45) is 5.50. The van der Waals surface area contributed by atoms with E-state index in [1.54, 1.807) is 18.6 Å². The first kappa shape index (κ1) is 17.7. The maximum atomic E-state index is 11.3. The van der Waals surface area contributed by atoms with Crippen molar-refractivity contribution in [3.63, 3.8) is 0 Å². The van der Waals surface area contributed by atoms with Gasteiger partial charge < -0.3 is 9.88 Å². The second-order valence-corrected chi connectivity index (χ2v) is 6.65. The molecule has 0 spiro atoms. The van der Waals surface area contributed by atoms with E-state index in [4.69, 9.17) is 0 Å². The SMILES string of the molecule is Cc1cc(NCc2ccc(Cn3ccnc3)cc2)c2cccc([N+](=O)[O-])c2n1. The summed E-state index contributed by atoms with van der Waals surface area (Å²) in [4.78, 5) is 19.3. The highest BCUT2D eigenvalue weighted by Gasteiger charge is 2.15. The molecule has 2 heterocycles. The first-order chi connectivity index (χ1) is 13.6. The number of fused-ring (bicyclic) bond motifs is 1. The molecule has 0 aliphatic heterocycles. The summed E-state index contributed by atoms with van der Waals surface area (Å²) in [5.74, 6) is 0. The summed E-state index contributed by atoms with van der Waals surface area (Å²) in [5.41, 5.74) is 4.33. The largest absolute Gasteiger partial charge is 0.380 e. The Balaban J connectivity index is 1.54. The fourth-order valence-electron chi connectivity index (χ4n) is 3.21. The smallest absolute Gasteiger partial charge is 0.295 e. The van der Waals surface area contributed by atoms with Crippen molar-refractivity contribution in [2.45, 2.75) is 20.0 Å². The molecule has 140 valence electrons. The van der Waals surface area contributed by atoms with E-state index in [1.807, 2.05) is 29.8 Å². The van der Waals surface area contributed by atoms with Crippen molar-refractivity contribution in [2.75, 3.05) is 5.32 Å². The molecule has 2 aromatic heterocycles. The van der Waals surface area contributed by atoms with Crippen molar-refractivity contribution in [2.24, 2.45) is 0 Å². The lowest BCUT2D eigenvalue weighted by Gasteiger charge is -2.11. The summed E-state index contributed by atoms with van der Waals surface area (Å²) < 4.78 is 2.02. The van der Waals surface area contributed by atoms with Gasteiger partial charge in [-0.3, -0.25) is 10.1 Å². The topological polar surface area (TPSA) is 85.9 Å². The van der Waals surface area contributed by atoms with Crippen molar-refractivity contribution >= 4 is 22.3 Å². The third-order valence-electron chi connectivity index (χ3n) is 4.57. The number of hydrogen-bond acceptors (Lipinski definition) is 5. The summed E-state index contributed by atoms with van der Waals surface area (Å²) in [7, 11) is 0. The van der Waals surface area contributed by atoms with Gasteiger partial charge in [0.15, 0.2) is 5.52 Å². The maximum absolute atomic E-state index is 11.3. The fourth-order valence-corrected chi connectivity index (χ4v) is 3.21. The summed E-state index contributed by atoms with van der Waals surface area (Å²) >= 11 is 0. The van der Waals surface area contributed by atoms with E-state index in [0.29, 0.717) is 12.1 Å². The number of aryl methyl sites for hydroxylation is 1. The summed E-state index contributed by atoms with van der Waals surface area (Å²) in [6.45, 7) is 3.24. The Labute approximate surface area is 161 Å². The number of imidazole rings is 1. The molecule has 0 radical (unpaired) electrons. The van der Waals surface area contributed by atoms with E-state index in [2.05, 4.69) is 39.6 Å². The second-order valence-electron chi connectivity index (χ2n) is 6.65. The minimum Gasteiger partial charge on any atom is -0.380 e. The predicted octanol–water partition coefficient (Wildman–Crippen LogP) is 4.31. The van der Waals surface area contributed by atoms with Crippen LogP contribution in [0.3, 0.4) is 0 Å². The fraction of sp³-hybridized carbons (Fsp3) is 0.143. The van der Waals surface area contributed by atoms with Gasteiger partial charge in [-0.2, -0.15) is 0 Å². The molecule has 0 bridgehead atoms. The van der Waals surface area contributed by atoms with E-state index in [-0.39, 0.29) is 5.69 Å². The van der Waals surface area contributed by atoms with Gasteiger partial charge >= 0.3 is 0 Å². The van der Waals surface area contributed by atoms with Crippen LogP contribution in [0.4, 0.5) is 11.4 Å². The normalized spacial score (nSPS) is 10.9. The first-order valence-corrected chi connectivity index (χ1v) is 8.92. The van der Waals surface area contributed by atoms with Crippen LogP contribution in [0.5, 0.6) is 0 Å². The highest BCUT2D eigenvalue weighted by atomic mass is 16.6. The summed E-state index contributed by atoms with van der Waals surface area (Å²) in [5, 5.41) is 15.4. The number of para-hydroxylation sites is 1. The average molecular weight is 373 g/mol. The molecule has 0 saturated heterocycles. The van der Waals surface area contributed by atoms with Crippen molar-refractivity contribution in [3.05, 3.63) is 94.2 Å². The van der Waals surface area contributed by atoms with Crippen molar-refractivity contribution < 1.29 is 4.92 Å². The van der Waals surface area contributed by atoms with E-state index < -0.39 is 4.92 Å². The molecule has 0 aliphatic carbocycles. The number of nitrogens with one attached hydrogen (secondary N) is 1. The minimum atomic E-state index is -0.391. The number of anilines is 1. The molecule has 7 nitrogen and oxygen atoms in total. The molecular formula is C21H19N5O2. The standard InChI is InChI=1S/C21H19N5O2/c1-15-11-19(18-3-2-4-20(26(27)28)21(18)24-15)23-12-16-5-7-17(8-6-16)13-25-10-9-22-14-25/h2-11,14H,12-13H2,1H3,(H,23,24). The van der Waals surface area contributed by atoms with Gasteiger partial charge in [0, 0.05) is 48.3 Å². The second kappa shape index (κ2) is 7.48. The van der Waals surface area contributed by atoms with Crippen LogP contribution in [0, 0.1) is 17.0 Å². The van der Waals surface area contributed by atoms with Gasteiger partial charge in [0.25, 0.3) is 5.69 Å². The molecule has 7 heteroatoms. The Morgan fingerprint density at radius 2 is 1.93 bits per heavy atom. The third-order valence-corrected chi connectivity index (χ3v) is 4.57. The number of nitrogens with zero attached hydrogens (tertiary/aromatic N) is 4. The highest BCUT2D eigenvalue weighted by molar-refractivity contribution is 5.96. The monoisotopic (exact) mass is 373 g/mol. The third kappa shape index (κ3) is 3.68. The molecule has 1 N–H and O–H groups in total. The van der Waals surface area contributed by atoms with E-state index in [1.165, 1.54) is 11.6 Å². The quantitative estimate of drug-likeness (QED) is 0.402. The lowest BCUT2D eigenvalue weighted by atomic mass is 10.1. The van der Waals surface area contributed by atoms with Gasteiger partial charge in [-0.05, 0) is 24.1 Å². The molecule has 4 rings (SSSR count). The molecule has 4 aromatic rings. The van der Waals surface area contributed by atoms with Crippen LogP contribution in [0.15, 0.2) is 67.3 Å². The van der Waals surface area contributed by atoms with Gasteiger partial charge in [0.1, 0.15) is 0 Å². The molecule has 0 fully saturated rings. The molecule has 28 heavy (non-hydrogen) atoms. The number of pyridine rings is 1. The Bertz CT molecular complexity index is 1120. The molecule has 0 aliphatic rings. The van der Waals surface area contributed by atoms with Crippen molar-refractivity contribution in [1.82, 2.24) is 14.5 Å². The van der Waals surface area contributed by atoms with Crippen LogP contribution < -0.4 is 5.32 Å². The van der Waals surface area contributed by atoms with E-state index >= 15 is 0 Å². The molecule has 0 amide bonds. The Morgan fingerprint density at radius 3 is 2.64 bits per heavy atom. The zero-order chi connectivity index (χ0) is 19.5. The van der Waals surface area contributed by atoms with E-state index in [0.717, 1.165) is 28.9 Å². The van der Waals surface area contributed by atoms with Crippen molar-refractivity contribution in [3.8, 4) is 0 Å². The predicted molar refractivity (Wildman–Crippen MR) is 108 cm³/mol. The average Bonchev–Trinajstić information content (AvgIpc) is 3.19. The van der Waals surface area contributed by atoms with Gasteiger partial charge in [0.2, 0.25) is 0 Å².